The van der Waals surface area contributed by atoms with Crippen LogP contribution in [0.5, 0.6) is 0 Å². The molecular weight excluding hydrogens is 597 g/mol. The largest absolute Gasteiger partial charge is 0.299 e. The number of hydrogen-bond donors (Lipinski definition) is 0. The van der Waals surface area contributed by atoms with Gasteiger partial charge in [0.2, 0.25) is 0 Å². The Morgan fingerprint density at radius 2 is 0.816 bits per heavy atom. The zero-order valence-corrected chi connectivity index (χ0v) is 29.8. The Labute approximate surface area is 295 Å². The molecule has 2 nitrogen and oxygen atoms in total. The molecule has 0 N–H and O–H groups in total. The molecule has 0 bridgehead atoms. The molecular formula is C47H54O2. The van der Waals surface area contributed by atoms with Crippen LogP contribution in [0, 0.1) is 0 Å². The molecule has 4 aromatic carbocycles. The molecule has 1 aliphatic carbocycles. The number of benzene rings is 4. The maximum absolute atomic E-state index is 10.9. The molecule has 0 unspecified atom stereocenters. The highest BCUT2D eigenvalue weighted by atomic mass is 16.1. The second-order valence-corrected chi connectivity index (χ2v) is 13.9. The summed E-state index contributed by atoms with van der Waals surface area (Å²) in [6, 6.07) is 31.5. The van der Waals surface area contributed by atoms with E-state index >= 15 is 0 Å². The first-order valence-electron chi connectivity index (χ1n) is 18.9. The van der Waals surface area contributed by atoms with Crippen molar-refractivity contribution in [2.24, 2.45) is 0 Å². The minimum atomic E-state index is -0.0223. The third-order valence-corrected chi connectivity index (χ3v) is 10.5. The van der Waals surface area contributed by atoms with Crippen molar-refractivity contribution in [3.8, 4) is 33.4 Å². The SMILES string of the molecule is CCCCCCCCC1(CCCCCCCC)c2cc(-c3ccc(/C=C/C=O)cc3)ccc2-c2ccc(-c3ccc(/C=C/C=O)cc3)cc21. The highest BCUT2D eigenvalue weighted by Crippen LogP contribution is 2.55. The molecule has 49 heavy (non-hydrogen) atoms. The zero-order valence-electron chi connectivity index (χ0n) is 29.8. The van der Waals surface area contributed by atoms with E-state index in [1.54, 1.807) is 12.2 Å². The third-order valence-electron chi connectivity index (χ3n) is 10.5. The van der Waals surface area contributed by atoms with Crippen LogP contribution in [-0.2, 0) is 15.0 Å². The van der Waals surface area contributed by atoms with Gasteiger partial charge in [-0.25, -0.2) is 0 Å². The lowest BCUT2D eigenvalue weighted by Gasteiger charge is -2.33. The second-order valence-electron chi connectivity index (χ2n) is 13.9. The van der Waals surface area contributed by atoms with Gasteiger partial charge in [-0.3, -0.25) is 9.59 Å². The first-order chi connectivity index (χ1) is 24.1. The predicted octanol–water partition coefficient (Wildman–Crippen LogP) is 13.2. The Morgan fingerprint density at radius 3 is 1.20 bits per heavy atom. The maximum Gasteiger partial charge on any atom is 0.142 e. The van der Waals surface area contributed by atoms with E-state index in [-0.39, 0.29) is 5.41 Å². The average molecular weight is 651 g/mol. The van der Waals surface area contributed by atoms with Crippen LogP contribution < -0.4 is 0 Å². The standard InChI is InChI=1S/C47H54O2/c1-3-5-7-9-11-13-31-47(32-14-12-10-8-6-4-2)45-35-41(39-23-19-37(20-24-39)17-15-33-48)27-29-43(45)44-30-28-42(36-46(44)47)40-25-21-38(22-26-40)18-16-34-49/h15-30,33-36H,3-14,31-32H2,1-2H3/b17-15+,18-16+. The number of rotatable bonds is 20. The fourth-order valence-corrected chi connectivity index (χ4v) is 7.81. The van der Waals surface area contributed by atoms with Crippen LogP contribution in [0.2, 0.25) is 0 Å². The Balaban J connectivity index is 1.56. The number of hydrogen-bond acceptors (Lipinski definition) is 2. The minimum absolute atomic E-state index is 0.0223. The summed E-state index contributed by atoms with van der Waals surface area (Å²) < 4.78 is 0. The van der Waals surface area contributed by atoms with Gasteiger partial charge < -0.3 is 0 Å². The summed E-state index contributed by atoms with van der Waals surface area (Å²) in [5.74, 6) is 0. The summed E-state index contributed by atoms with van der Waals surface area (Å²) in [6.45, 7) is 4.59. The normalized spacial score (nSPS) is 13.2. The summed E-state index contributed by atoms with van der Waals surface area (Å²) in [4.78, 5) is 21.7. The van der Waals surface area contributed by atoms with Crippen molar-refractivity contribution in [1.29, 1.82) is 0 Å². The van der Waals surface area contributed by atoms with E-state index in [2.05, 4.69) is 98.8 Å². The van der Waals surface area contributed by atoms with Crippen molar-refractivity contribution in [3.05, 3.63) is 119 Å². The highest BCUT2D eigenvalue weighted by Gasteiger charge is 2.42. The number of carbonyl (C=O) groups is 2. The molecule has 0 aliphatic heterocycles. The van der Waals surface area contributed by atoms with E-state index in [0.717, 1.165) is 23.7 Å². The van der Waals surface area contributed by atoms with E-state index in [1.807, 2.05) is 12.2 Å². The van der Waals surface area contributed by atoms with Gasteiger partial charge in [0.1, 0.15) is 12.6 Å². The quantitative estimate of drug-likeness (QED) is 0.0542. The van der Waals surface area contributed by atoms with Crippen molar-refractivity contribution in [3.63, 3.8) is 0 Å². The number of allylic oxidation sites excluding steroid dienone is 2. The molecule has 0 fully saturated rings. The van der Waals surface area contributed by atoms with Gasteiger partial charge in [0.15, 0.2) is 0 Å². The molecule has 5 rings (SSSR count). The third kappa shape index (κ3) is 9.04. The maximum atomic E-state index is 10.9. The van der Waals surface area contributed by atoms with Crippen LogP contribution >= 0.6 is 0 Å². The number of aldehydes is 2. The molecule has 0 radical (unpaired) electrons. The van der Waals surface area contributed by atoms with Gasteiger partial charge >= 0.3 is 0 Å². The number of fused-ring (bicyclic) bond motifs is 3. The van der Waals surface area contributed by atoms with Gasteiger partial charge in [-0.1, -0.05) is 176 Å². The molecule has 0 saturated carbocycles. The van der Waals surface area contributed by atoms with Gasteiger partial charge in [0.05, 0.1) is 0 Å². The number of unbranched alkanes of at least 4 members (excludes halogenated alkanes) is 10. The molecule has 0 atom stereocenters. The molecule has 0 aromatic heterocycles. The van der Waals surface area contributed by atoms with Gasteiger partial charge in [-0.2, -0.15) is 0 Å². The zero-order chi connectivity index (χ0) is 34.3. The van der Waals surface area contributed by atoms with Crippen molar-refractivity contribution in [2.75, 3.05) is 0 Å². The van der Waals surface area contributed by atoms with Crippen molar-refractivity contribution in [2.45, 2.75) is 109 Å². The number of carbonyl (C=O) groups excluding carboxylic acids is 2. The average Bonchev–Trinajstić information content (AvgIpc) is 3.41. The first-order valence-corrected chi connectivity index (χ1v) is 18.9. The Hall–Kier alpha value is -4.30. The van der Waals surface area contributed by atoms with E-state index in [1.165, 1.54) is 134 Å². The molecule has 0 heterocycles. The van der Waals surface area contributed by atoms with E-state index in [4.69, 9.17) is 0 Å². The Kier molecular flexibility index (Phi) is 13.6. The van der Waals surface area contributed by atoms with Gasteiger partial charge in [-0.15, -0.1) is 0 Å². The predicted molar refractivity (Wildman–Crippen MR) is 210 cm³/mol. The van der Waals surface area contributed by atoms with Gasteiger partial charge in [0, 0.05) is 5.41 Å². The van der Waals surface area contributed by atoms with Crippen molar-refractivity contribution in [1.82, 2.24) is 0 Å². The highest BCUT2D eigenvalue weighted by molar-refractivity contribution is 5.86. The van der Waals surface area contributed by atoms with E-state index < -0.39 is 0 Å². The summed E-state index contributed by atoms with van der Waals surface area (Å²) in [5, 5.41) is 0. The monoisotopic (exact) mass is 650 g/mol. The Bertz CT molecular complexity index is 1580. The molecule has 1 aliphatic rings. The lowest BCUT2D eigenvalue weighted by molar-refractivity contribution is -0.104. The summed E-state index contributed by atoms with van der Waals surface area (Å²) in [5.41, 5.74) is 12.8. The fraction of sp³-hybridized carbons (Fsp3) is 0.362. The van der Waals surface area contributed by atoms with Crippen LogP contribution in [0.25, 0.3) is 45.5 Å². The Morgan fingerprint density at radius 1 is 0.449 bits per heavy atom. The van der Waals surface area contributed by atoms with Gasteiger partial charge in [0.25, 0.3) is 0 Å². The molecule has 0 saturated heterocycles. The molecule has 254 valence electrons. The van der Waals surface area contributed by atoms with E-state index in [0.29, 0.717) is 0 Å². The summed E-state index contributed by atoms with van der Waals surface area (Å²) >= 11 is 0. The smallest absolute Gasteiger partial charge is 0.142 e. The van der Waals surface area contributed by atoms with E-state index in [9.17, 15) is 9.59 Å². The van der Waals surface area contributed by atoms with Gasteiger partial charge in [-0.05, 0) is 92.8 Å². The summed E-state index contributed by atoms with van der Waals surface area (Å²) in [7, 11) is 0. The summed E-state index contributed by atoms with van der Waals surface area (Å²) in [6.07, 6.45) is 26.4. The van der Waals surface area contributed by atoms with Crippen LogP contribution in [0.15, 0.2) is 97.1 Å². The second kappa shape index (κ2) is 18.5. The molecule has 0 spiro atoms. The molecule has 2 heteroatoms. The minimum Gasteiger partial charge on any atom is -0.299 e. The molecule has 4 aromatic rings. The van der Waals surface area contributed by atoms with Crippen LogP contribution in [0.1, 0.15) is 126 Å². The van der Waals surface area contributed by atoms with Crippen molar-refractivity contribution < 1.29 is 9.59 Å². The van der Waals surface area contributed by atoms with Crippen LogP contribution in [-0.4, -0.2) is 12.6 Å². The van der Waals surface area contributed by atoms with Crippen LogP contribution in [0.3, 0.4) is 0 Å². The topological polar surface area (TPSA) is 34.1 Å². The lowest BCUT2D eigenvalue weighted by Crippen LogP contribution is -2.25. The fourth-order valence-electron chi connectivity index (χ4n) is 7.81. The first kappa shape index (κ1) is 36.0. The lowest BCUT2D eigenvalue weighted by atomic mass is 9.70. The van der Waals surface area contributed by atoms with Crippen LogP contribution in [0.4, 0.5) is 0 Å². The van der Waals surface area contributed by atoms with Crippen molar-refractivity contribution >= 4 is 24.7 Å². The molecule has 0 amide bonds.